The number of rotatable bonds is 5. The van der Waals surface area contributed by atoms with Gasteiger partial charge in [-0.25, -0.2) is 4.98 Å². The average Bonchev–Trinajstić information content (AvgIpc) is 3.68. The fraction of sp³-hybridized carbons (Fsp3) is 0.214. The van der Waals surface area contributed by atoms with Crippen LogP contribution >= 0.6 is 11.3 Å². The summed E-state index contributed by atoms with van der Waals surface area (Å²) in [6.07, 6.45) is 5.87. The molecule has 178 valence electrons. The molecule has 0 spiro atoms. The highest BCUT2D eigenvalue weighted by molar-refractivity contribution is 7.17. The van der Waals surface area contributed by atoms with Gasteiger partial charge in [0.2, 0.25) is 0 Å². The van der Waals surface area contributed by atoms with E-state index in [1.54, 1.807) is 12.4 Å². The summed E-state index contributed by atoms with van der Waals surface area (Å²) >= 11 is 1.84. The molecule has 5 heterocycles. The van der Waals surface area contributed by atoms with Gasteiger partial charge in [-0.05, 0) is 72.1 Å². The lowest BCUT2D eigenvalue weighted by atomic mass is 9.97. The minimum absolute atomic E-state index is 0.356. The summed E-state index contributed by atoms with van der Waals surface area (Å²) < 4.78 is 1.36. The molecule has 0 bridgehead atoms. The quantitative estimate of drug-likeness (QED) is 0.309. The van der Waals surface area contributed by atoms with E-state index in [0.717, 1.165) is 65.4 Å². The molecule has 0 amide bonds. The first-order chi connectivity index (χ1) is 17.8. The normalized spacial score (nSPS) is 16.7. The lowest BCUT2D eigenvalue weighted by Crippen LogP contribution is -2.34. The second-order valence-corrected chi connectivity index (χ2v) is 10.4. The second kappa shape index (κ2) is 8.96. The molecular formula is C28H25N7S. The number of aromatic nitrogens is 6. The van der Waals surface area contributed by atoms with Crippen LogP contribution in [0.25, 0.3) is 43.6 Å². The molecule has 7 rings (SSSR count). The number of fused-ring (bicyclic) bond motifs is 2. The van der Waals surface area contributed by atoms with Gasteiger partial charge in [0.25, 0.3) is 0 Å². The summed E-state index contributed by atoms with van der Waals surface area (Å²) in [5, 5.41) is 20.3. The summed E-state index contributed by atoms with van der Waals surface area (Å²) in [6, 6.07) is 18.9. The lowest BCUT2D eigenvalue weighted by Gasteiger charge is -2.31. The first-order valence-corrected chi connectivity index (χ1v) is 13.2. The Morgan fingerprint density at radius 3 is 2.81 bits per heavy atom. The maximum atomic E-state index is 4.95. The molecule has 6 aromatic rings. The van der Waals surface area contributed by atoms with E-state index in [0.29, 0.717) is 5.92 Å². The molecule has 1 atom stereocenters. The van der Waals surface area contributed by atoms with Crippen LogP contribution in [0.5, 0.6) is 0 Å². The Kier molecular flexibility index (Phi) is 5.33. The molecule has 2 N–H and O–H groups in total. The van der Waals surface area contributed by atoms with Gasteiger partial charge in [-0.15, -0.1) is 11.3 Å². The van der Waals surface area contributed by atoms with Gasteiger partial charge in [0.15, 0.2) is 5.82 Å². The Morgan fingerprint density at radius 2 is 1.86 bits per heavy atom. The summed E-state index contributed by atoms with van der Waals surface area (Å²) in [6.45, 7) is 3.10. The standard InChI is InChI=1S/C28H25N7S/c1-2-6-25-22(5-1)21(17-36-25)16-35-13-3-4-20(15-35)28-30-27(33-34-28)19-7-8-24-23(14-19)26(32-31-24)18-9-11-29-12-10-18/h1-2,5-12,14,17,20H,3-4,13,15-16H2,(H,31,32)(H,30,33,34)/t20-/m1/s1. The number of aromatic amines is 2. The summed E-state index contributed by atoms with van der Waals surface area (Å²) in [7, 11) is 0. The smallest absolute Gasteiger partial charge is 0.181 e. The summed E-state index contributed by atoms with van der Waals surface area (Å²) in [4.78, 5) is 11.6. The number of likely N-dealkylation sites (tertiary alicyclic amines) is 1. The minimum Gasteiger partial charge on any atom is -0.298 e. The topological polar surface area (TPSA) is 86.4 Å². The van der Waals surface area contributed by atoms with Gasteiger partial charge in [0.05, 0.1) is 5.52 Å². The van der Waals surface area contributed by atoms with Crippen LogP contribution in [0.4, 0.5) is 0 Å². The van der Waals surface area contributed by atoms with E-state index >= 15 is 0 Å². The van der Waals surface area contributed by atoms with Crippen molar-refractivity contribution in [1.29, 1.82) is 0 Å². The van der Waals surface area contributed by atoms with Gasteiger partial charge in [0.1, 0.15) is 11.5 Å². The highest BCUT2D eigenvalue weighted by Gasteiger charge is 2.25. The Balaban J connectivity index is 1.12. The molecule has 0 saturated carbocycles. The molecule has 7 nitrogen and oxygen atoms in total. The zero-order chi connectivity index (χ0) is 23.9. The Morgan fingerprint density at radius 1 is 0.944 bits per heavy atom. The number of hydrogen-bond donors (Lipinski definition) is 2. The summed E-state index contributed by atoms with van der Waals surface area (Å²) in [5.41, 5.74) is 5.34. The first-order valence-electron chi connectivity index (χ1n) is 12.3. The van der Waals surface area contributed by atoms with Gasteiger partial charge in [-0.3, -0.25) is 20.1 Å². The van der Waals surface area contributed by atoms with E-state index < -0.39 is 0 Å². The molecular weight excluding hydrogens is 466 g/mol. The Hall–Kier alpha value is -3.88. The van der Waals surface area contributed by atoms with Crippen molar-refractivity contribution in [1.82, 2.24) is 35.3 Å². The Labute approximate surface area is 212 Å². The summed E-state index contributed by atoms with van der Waals surface area (Å²) in [5.74, 6) is 2.07. The maximum Gasteiger partial charge on any atom is 0.181 e. The van der Waals surface area contributed by atoms with Crippen molar-refractivity contribution in [2.24, 2.45) is 0 Å². The van der Waals surface area contributed by atoms with E-state index in [-0.39, 0.29) is 0 Å². The Bertz CT molecular complexity index is 1650. The zero-order valence-corrected chi connectivity index (χ0v) is 20.5. The van der Waals surface area contributed by atoms with Gasteiger partial charge < -0.3 is 0 Å². The van der Waals surface area contributed by atoms with Crippen molar-refractivity contribution in [3.05, 3.63) is 83.8 Å². The third-order valence-electron chi connectivity index (χ3n) is 7.12. The first kappa shape index (κ1) is 21.4. The number of hydrogen-bond acceptors (Lipinski definition) is 6. The van der Waals surface area contributed by atoms with Crippen molar-refractivity contribution >= 4 is 32.3 Å². The number of nitrogens with one attached hydrogen (secondary N) is 2. The molecule has 4 aromatic heterocycles. The number of thiophene rings is 1. The lowest BCUT2D eigenvalue weighted by molar-refractivity contribution is 0.197. The van der Waals surface area contributed by atoms with Crippen molar-refractivity contribution in [3.8, 4) is 22.6 Å². The van der Waals surface area contributed by atoms with E-state index in [1.807, 2.05) is 29.5 Å². The van der Waals surface area contributed by atoms with Crippen LogP contribution in [-0.2, 0) is 6.54 Å². The van der Waals surface area contributed by atoms with Gasteiger partial charge >= 0.3 is 0 Å². The van der Waals surface area contributed by atoms with Crippen LogP contribution in [0.3, 0.4) is 0 Å². The predicted octanol–water partition coefficient (Wildman–Crippen LogP) is 6.00. The van der Waals surface area contributed by atoms with E-state index in [9.17, 15) is 0 Å². The fourth-order valence-electron chi connectivity index (χ4n) is 5.29. The number of pyridine rings is 1. The van der Waals surface area contributed by atoms with Crippen molar-refractivity contribution in [3.63, 3.8) is 0 Å². The SMILES string of the molecule is c1ccc2c(CN3CCC[C@@H](c4nc(-c5ccc6[nH]nc(-c7ccncc7)c6c5)n[nH]4)C3)csc2c1. The third kappa shape index (κ3) is 3.88. The predicted molar refractivity (Wildman–Crippen MR) is 144 cm³/mol. The molecule has 1 fully saturated rings. The van der Waals surface area contributed by atoms with E-state index in [4.69, 9.17) is 4.98 Å². The highest BCUT2D eigenvalue weighted by atomic mass is 32.1. The molecule has 0 unspecified atom stereocenters. The molecule has 36 heavy (non-hydrogen) atoms. The molecule has 0 aliphatic carbocycles. The van der Waals surface area contributed by atoms with Gasteiger partial charge in [-0.1, -0.05) is 18.2 Å². The van der Waals surface area contributed by atoms with Crippen LogP contribution in [0, 0.1) is 0 Å². The zero-order valence-electron chi connectivity index (χ0n) is 19.7. The maximum absolute atomic E-state index is 4.95. The van der Waals surface area contributed by atoms with Crippen molar-refractivity contribution in [2.75, 3.05) is 13.1 Å². The number of benzene rings is 2. The third-order valence-corrected chi connectivity index (χ3v) is 8.14. The fourth-order valence-corrected chi connectivity index (χ4v) is 6.24. The van der Waals surface area contributed by atoms with E-state index in [1.165, 1.54) is 22.1 Å². The van der Waals surface area contributed by atoms with Crippen LogP contribution in [0.15, 0.2) is 72.4 Å². The molecule has 8 heteroatoms. The van der Waals surface area contributed by atoms with Crippen molar-refractivity contribution in [2.45, 2.75) is 25.3 Å². The second-order valence-electron chi connectivity index (χ2n) is 9.44. The number of nitrogens with zero attached hydrogens (tertiary/aromatic N) is 5. The molecule has 1 saturated heterocycles. The molecule has 1 aliphatic heterocycles. The van der Waals surface area contributed by atoms with Crippen LogP contribution in [0.2, 0.25) is 0 Å². The van der Waals surface area contributed by atoms with Gasteiger partial charge in [-0.2, -0.15) is 10.2 Å². The van der Waals surface area contributed by atoms with Crippen molar-refractivity contribution < 1.29 is 0 Å². The van der Waals surface area contributed by atoms with Crippen LogP contribution < -0.4 is 0 Å². The van der Waals surface area contributed by atoms with Gasteiger partial charge in [0, 0.05) is 52.6 Å². The largest absolute Gasteiger partial charge is 0.298 e. The number of piperidine rings is 1. The number of H-pyrrole nitrogens is 2. The molecule has 2 aromatic carbocycles. The van der Waals surface area contributed by atoms with Crippen LogP contribution in [0.1, 0.15) is 30.1 Å². The van der Waals surface area contributed by atoms with Crippen LogP contribution in [-0.4, -0.2) is 48.4 Å². The average molecular weight is 492 g/mol. The molecule has 1 aliphatic rings. The minimum atomic E-state index is 0.356. The van der Waals surface area contributed by atoms with E-state index in [2.05, 4.69) is 72.1 Å². The highest BCUT2D eigenvalue weighted by Crippen LogP contribution is 2.32. The monoisotopic (exact) mass is 491 g/mol. The molecule has 0 radical (unpaired) electrons.